The Morgan fingerprint density at radius 1 is 0.844 bits per heavy atom. The van der Waals surface area contributed by atoms with Crippen molar-refractivity contribution in [3.8, 4) is 33.6 Å². The van der Waals surface area contributed by atoms with Crippen LogP contribution >= 0.6 is 0 Å². The number of hydrogen-bond acceptors (Lipinski definition) is 6. The number of methoxy groups -OCH3 is 1. The average molecular weight is 610 g/mol. The Morgan fingerprint density at radius 3 is 2.02 bits per heavy atom. The number of carbonyl (C=O) groups excluding carboxylic acids is 3. The van der Waals surface area contributed by atoms with Gasteiger partial charge in [-0.05, 0) is 53.9 Å². The highest BCUT2D eigenvalue weighted by Gasteiger charge is 2.37. The molecule has 2 atom stereocenters. The Morgan fingerprint density at radius 2 is 1.44 bits per heavy atom. The van der Waals surface area contributed by atoms with Gasteiger partial charge in [-0.1, -0.05) is 68.8 Å². The third-order valence-electron chi connectivity index (χ3n) is 8.86. The number of imidazole rings is 2. The SMILES string of the molecule is COC(=O)NC(C(=O)N1CCCC1c1ncc(-c2ccc(-c3ccc(-c4cnc(NC(=O)C5CCC5)[nH]4)cc3)cc2)[nH]1)C(C)C. The Balaban J connectivity index is 1.11. The minimum absolute atomic E-state index is 0.0349. The van der Waals surface area contributed by atoms with Crippen molar-refractivity contribution in [1.29, 1.82) is 0 Å². The number of nitrogens with zero attached hydrogens (tertiary/aromatic N) is 3. The van der Waals surface area contributed by atoms with E-state index in [9.17, 15) is 14.4 Å². The van der Waals surface area contributed by atoms with Crippen molar-refractivity contribution < 1.29 is 19.1 Å². The Bertz CT molecular complexity index is 1650. The summed E-state index contributed by atoms with van der Waals surface area (Å²) < 4.78 is 4.73. The zero-order chi connectivity index (χ0) is 31.5. The van der Waals surface area contributed by atoms with Gasteiger partial charge in [-0.15, -0.1) is 0 Å². The van der Waals surface area contributed by atoms with Gasteiger partial charge < -0.3 is 24.9 Å². The van der Waals surface area contributed by atoms with Gasteiger partial charge in [-0.3, -0.25) is 14.9 Å². The smallest absolute Gasteiger partial charge is 0.407 e. The average Bonchev–Trinajstić information content (AvgIpc) is 3.80. The number of H-pyrrole nitrogens is 2. The molecular weight excluding hydrogens is 570 g/mol. The molecule has 2 unspecified atom stereocenters. The van der Waals surface area contributed by atoms with E-state index >= 15 is 0 Å². The minimum atomic E-state index is -0.671. The van der Waals surface area contributed by atoms with Crippen molar-refractivity contribution in [2.75, 3.05) is 19.0 Å². The van der Waals surface area contributed by atoms with Crippen molar-refractivity contribution >= 4 is 23.9 Å². The van der Waals surface area contributed by atoms with Gasteiger partial charge >= 0.3 is 6.09 Å². The molecule has 4 aromatic rings. The molecule has 0 radical (unpaired) electrons. The summed E-state index contributed by atoms with van der Waals surface area (Å²) in [5, 5.41) is 5.57. The number of aromatic amines is 2. The molecule has 45 heavy (non-hydrogen) atoms. The first kappa shape index (κ1) is 30.1. The molecule has 11 heteroatoms. The van der Waals surface area contributed by atoms with Gasteiger partial charge in [-0.2, -0.15) is 0 Å². The van der Waals surface area contributed by atoms with Crippen LogP contribution in [-0.2, 0) is 14.3 Å². The van der Waals surface area contributed by atoms with Crippen LogP contribution in [0.4, 0.5) is 10.7 Å². The van der Waals surface area contributed by atoms with Gasteiger partial charge in [0.15, 0.2) is 0 Å². The molecule has 3 heterocycles. The standard InChI is InChI=1S/C34H39N7O4/c1-20(2)29(39-34(44)45-3)32(43)41-17-5-8-28(41)30-35-18-26(37-30)23-13-9-21(10-14-23)22-11-15-24(16-12-22)27-19-36-33(38-27)40-31(42)25-6-4-7-25/h9-16,18-20,25,28-29H,4-8,17H2,1-3H3,(H,35,37)(H,39,44)(H2,36,38,40,42). The Labute approximate surface area is 262 Å². The molecule has 2 aromatic carbocycles. The number of amides is 3. The highest BCUT2D eigenvalue weighted by Crippen LogP contribution is 2.33. The van der Waals surface area contributed by atoms with Crippen molar-refractivity contribution in [2.45, 2.75) is 58.0 Å². The lowest BCUT2D eigenvalue weighted by atomic mass is 9.85. The normalized spacial score (nSPS) is 17.2. The number of benzene rings is 2. The lowest BCUT2D eigenvalue weighted by molar-refractivity contribution is -0.135. The summed E-state index contributed by atoms with van der Waals surface area (Å²) >= 11 is 0. The second-order valence-corrected chi connectivity index (χ2v) is 12.1. The van der Waals surface area contributed by atoms with Crippen LogP contribution in [0.5, 0.6) is 0 Å². The van der Waals surface area contributed by atoms with E-state index in [1.54, 1.807) is 12.4 Å². The number of alkyl carbamates (subject to hydrolysis) is 1. The minimum Gasteiger partial charge on any atom is -0.453 e. The highest BCUT2D eigenvalue weighted by molar-refractivity contribution is 5.91. The van der Waals surface area contributed by atoms with Crippen molar-refractivity contribution in [3.63, 3.8) is 0 Å². The molecule has 1 aliphatic carbocycles. The molecule has 1 saturated carbocycles. The fourth-order valence-electron chi connectivity index (χ4n) is 5.95. The summed E-state index contributed by atoms with van der Waals surface area (Å²) in [5.41, 5.74) is 5.85. The van der Waals surface area contributed by atoms with Crippen LogP contribution in [0, 0.1) is 11.8 Å². The number of aromatic nitrogens is 4. The molecule has 2 fully saturated rings. The molecule has 2 aromatic heterocycles. The predicted octanol–water partition coefficient (Wildman–Crippen LogP) is 5.92. The van der Waals surface area contributed by atoms with E-state index in [2.05, 4.69) is 67.0 Å². The lowest BCUT2D eigenvalue weighted by Gasteiger charge is -2.30. The molecule has 4 N–H and O–H groups in total. The lowest BCUT2D eigenvalue weighted by Crippen LogP contribution is -2.51. The fourth-order valence-corrected chi connectivity index (χ4v) is 5.95. The third kappa shape index (κ3) is 6.47. The molecule has 6 rings (SSSR count). The van der Waals surface area contributed by atoms with Crippen molar-refractivity contribution in [1.82, 2.24) is 30.2 Å². The van der Waals surface area contributed by atoms with E-state index in [1.807, 2.05) is 30.9 Å². The number of nitrogens with one attached hydrogen (secondary N) is 4. The second-order valence-electron chi connectivity index (χ2n) is 12.1. The zero-order valence-corrected chi connectivity index (χ0v) is 25.8. The molecule has 3 amide bonds. The topological polar surface area (TPSA) is 145 Å². The van der Waals surface area contributed by atoms with E-state index in [1.165, 1.54) is 7.11 Å². The summed E-state index contributed by atoms with van der Waals surface area (Å²) in [6.45, 7) is 4.42. The molecule has 2 aliphatic rings. The van der Waals surface area contributed by atoms with Gasteiger partial charge in [-0.25, -0.2) is 14.8 Å². The molecule has 1 aliphatic heterocycles. The van der Waals surface area contributed by atoms with Crippen molar-refractivity contribution in [2.24, 2.45) is 11.8 Å². The fraction of sp³-hybridized carbons (Fsp3) is 0.382. The van der Waals surface area contributed by atoms with E-state index in [-0.39, 0.29) is 29.7 Å². The van der Waals surface area contributed by atoms with Crippen LogP contribution in [0.2, 0.25) is 0 Å². The summed E-state index contributed by atoms with van der Waals surface area (Å²) in [5.74, 6) is 1.14. The van der Waals surface area contributed by atoms with Gasteiger partial charge in [0.05, 0.1) is 36.9 Å². The first-order valence-electron chi connectivity index (χ1n) is 15.6. The van der Waals surface area contributed by atoms with Crippen LogP contribution in [0.3, 0.4) is 0 Å². The Hall–Kier alpha value is -4.93. The molecule has 0 bridgehead atoms. The number of likely N-dealkylation sites (tertiary alicyclic amines) is 1. The number of rotatable bonds is 9. The number of carbonyl (C=O) groups is 3. The van der Waals surface area contributed by atoms with Gasteiger partial charge in [0, 0.05) is 12.5 Å². The zero-order valence-electron chi connectivity index (χ0n) is 25.8. The van der Waals surface area contributed by atoms with Gasteiger partial charge in [0.25, 0.3) is 0 Å². The van der Waals surface area contributed by atoms with E-state index in [0.717, 1.165) is 71.6 Å². The summed E-state index contributed by atoms with van der Waals surface area (Å²) in [4.78, 5) is 55.0. The van der Waals surface area contributed by atoms with E-state index in [0.29, 0.717) is 12.5 Å². The van der Waals surface area contributed by atoms with Crippen LogP contribution in [0.25, 0.3) is 33.6 Å². The van der Waals surface area contributed by atoms with Crippen LogP contribution < -0.4 is 10.6 Å². The summed E-state index contributed by atoms with van der Waals surface area (Å²) in [6, 6.07) is 15.6. The van der Waals surface area contributed by atoms with E-state index < -0.39 is 12.1 Å². The number of anilines is 1. The molecule has 11 nitrogen and oxygen atoms in total. The van der Waals surface area contributed by atoms with Crippen LogP contribution in [-0.4, -0.2) is 62.4 Å². The molecule has 1 saturated heterocycles. The Kier molecular flexibility index (Phi) is 8.68. The van der Waals surface area contributed by atoms with Crippen LogP contribution in [0.1, 0.15) is 57.8 Å². The third-order valence-corrected chi connectivity index (χ3v) is 8.86. The second kappa shape index (κ2) is 13.0. The van der Waals surface area contributed by atoms with Crippen LogP contribution in [0.15, 0.2) is 60.9 Å². The quantitative estimate of drug-likeness (QED) is 0.185. The maximum absolute atomic E-state index is 13.4. The number of ether oxygens (including phenoxy) is 1. The highest BCUT2D eigenvalue weighted by atomic mass is 16.5. The first-order valence-corrected chi connectivity index (χ1v) is 15.6. The molecular formula is C34H39N7O4. The largest absolute Gasteiger partial charge is 0.453 e. The molecule has 234 valence electrons. The van der Waals surface area contributed by atoms with E-state index in [4.69, 9.17) is 4.74 Å². The van der Waals surface area contributed by atoms with Crippen molar-refractivity contribution in [3.05, 3.63) is 66.7 Å². The van der Waals surface area contributed by atoms with Gasteiger partial charge in [0.2, 0.25) is 17.8 Å². The maximum Gasteiger partial charge on any atom is 0.407 e. The monoisotopic (exact) mass is 609 g/mol. The predicted molar refractivity (Wildman–Crippen MR) is 171 cm³/mol. The van der Waals surface area contributed by atoms with Gasteiger partial charge in [0.1, 0.15) is 11.9 Å². The maximum atomic E-state index is 13.4. The number of hydrogen-bond donors (Lipinski definition) is 4. The summed E-state index contributed by atoms with van der Waals surface area (Å²) in [7, 11) is 1.29. The summed E-state index contributed by atoms with van der Waals surface area (Å²) in [6.07, 6.45) is 7.60. The first-order chi connectivity index (χ1) is 21.8. The molecule has 0 spiro atoms.